The van der Waals surface area contributed by atoms with Crippen LogP contribution in [0.2, 0.25) is 0 Å². The first-order valence-corrected chi connectivity index (χ1v) is 8.74. The molecule has 1 fully saturated rings. The second-order valence-corrected chi connectivity index (χ2v) is 7.22. The molecular weight excluding hydrogens is 274 g/mol. The first kappa shape index (κ1) is 15.4. The van der Waals surface area contributed by atoms with Crippen LogP contribution in [0.3, 0.4) is 0 Å². The molecule has 0 spiro atoms. The predicted molar refractivity (Wildman–Crippen MR) is 80.9 cm³/mol. The molecule has 0 aliphatic carbocycles. The van der Waals surface area contributed by atoms with E-state index in [4.69, 9.17) is 0 Å². The number of nitrogens with zero attached hydrogens (tertiary/aromatic N) is 2. The second-order valence-electron chi connectivity index (χ2n) is 5.24. The van der Waals surface area contributed by atoms with Crippen LogP contribution in [-0.2, 0) is 23.1 Å². The lowest BCUT2D eigenvalue weighted by Gasteiger charge is -2.33. The third-order valence-electron chi connectivity index (χ3n) is 3.68. The summed E-state index contributed by atoms with van der Waals surface area (Å²) < 4.78 is 24.5. The van der Waals surface area contributed by atoms with Crippen LogP contribution in [0.25, 0.3) is 0 Å². The summed E-state index contributed by atoms with van der Waals surface area (Å²) >= 11 is 0. The lowest BCUT2D eigenvalue weighted by molar-refractivity contribution is 0.182. The molecule has 1 aliphatic rings. The zero-order chi connectivity index (χ0) is 14.6. The van der Waals surface area contributed by atoms with Crippen molar-refractivity contribution < 1.29 is 8.42 Å². The summed E-state index contributed by atoms with van der Waals surface area (Å²) in [5.74, 6) is 0. The van der Waals surface area contributed by atoms with Gasteiger partial charge in [0.05, 0.1) is 6.26 Å². The van der Waals surface area contributed by atoms with Gasteiger partial charge in [0.2, 0.25) is 10.0 Å². The smallest absolute Gasteiger partial charge is 0.211 e. The van der Waals surface area contributed by atoms with Crippen molar-refractivity contribution in [3.8, 4) is 0 Å². The molecule has 0 atom stereocenters. The zero-order valence-corrected chi connectivity index (χ0v) is 13.0. The van der Waals surface area contributed by atoms with Gasteiger partial charge in [0.15, 0.2) is 0 Å². The topological polar surface area (TPSA) is 52.6 Å². The Labute approximate surface area is 121 Å². The third kappa shape index (κ3) is 4.02. The molecule has 1 heterocycles. The summed E-state index contributed by atoms with van der Waals surface area (Å²) in [5, 5.41) is 3.18. The lowest BCUT2D eigenvalue weighted by atomic mass is 10.1. The summed E-state index contributed by atoms with van der Waals surface area (Å²) in [6.07, 6.45) is 1.28. The lowest BCUT2D eigenvalue weighted by Crippen LogP contribution is -2.47. The molecule has 2 rings (SSSR count). The van der Waals surface area contributed by atoms with Crippen LogP contribution in [0.1, 0.15) is 11.1 Å². The van der Waals surface area contributed by atoms with Gasteiger partial charge in [-0.3, -0.25) is 4.90 Å². The Kier molecular flexibility index (Phi) is 5.15. The summed E-state index contributed by atoms with van der Waals surface area (Å²) in [5.41, 5.74) is 2.62. The molecule has 20 heavy (non-hydrogen) atoms. The van der Waals surface area contributed by atoms with Gasteiger partial charge in [-0.1, -0.05) is 24.3 Å². The summed E-state index contributed by atoms with van der Waals surface area (Å²) in [7, 11) is -1.10. The van der Waals surface area contributed by atoms with Crippen molar-refractivity contribution in [1.82, 2.24) is 14.5 Å². The van der Waals surface area contributed by atoms with E-state index < -0.39 is 10.0 Å². The van der Waals surface area contributed by atoms with E-state index in [1.165, 1.54) is 17.4 Å². The van der Waals surface area contributed by atoms with Gasteiger partial charge in [-0.2, -0.15) is 4.31 Å². The van der Waals surface area contributed by atoms with Gasteiger partial charge in [0, 0.05) is 39.3 Å². The molecule has 6 heteroatoms. The fourth-order valence-electron chi connectivity index (χ4n) is 2.53. The SMILES string of the molecule is CNCc1ccccc1CN1CCN(S(C)(=O)=O)CC1. The van der Waals surface area contributed by atoms with E-state index in [-0.39, 0.29) is 0 Å². The summed E-state index contributed by atoms with van der Waals surface area (Å²) in [6, 6.07) is 8.40. The molecule has 5 nitrogen and oxygen atoms in total. The Balaban J connectivity index is 1.96. The number of nitrogens with one attached hydrogen (secondary N) is 1. The monoisotopic (exact) mass is 297 g/mol. The number of hydrogen-bond donors (Lipinski definition) is 1. The molecule has 0 bridgehead atoms. The van der Waals surface area contributed by atoms with Crippen LogP contribution in [0, 0.1) is 0 Å². The maximum atomic E-state index is 11.5. The van der Waals surface area contributed by atoms with Crippen molar-refractivity contribution in [3.05, 3.63) is 35.4 Å². The van der Waals surface area contributed by atoms with Crippen molar-refractivity contribution in [2.24, 2.45) is 0 Å². The highest BCUT2D eigenvalue weighted by atomic mass is 32.2. The number of benzene rings is 1. The minimum Gasteiger partial charge on any atom is -0.316 e. The second kappa shape index (κ2) is 6.67. The van der Waals surface area contributed by atoms with E-state index in [2.05, 4.69) is 34.5 Å². The van der Waals surface area contributed by atoms with E-state index >= 15 is 0 Å². The normalized spacial score (nSPS) is 18.3. The number of hydrogen-bond acceptors (Lipinski definition) is 4. The van der Waals surface area contributed by atoms with Crippen molar-refractivity contribution in [2.45, 2.75) is 13.1 Å². The molecule has 0 amide bonds. The third-order valence-corrected chi connectivity index (χ3v) is 4.98. The first-order chi connectivity index (χ1) is 9.50. The molecule has 1 saturated heterocycles. The van der Waals surface area contributed by atoms with Crippen LogP contribution >= 0.6 is 0 Å². The summed E-state index contributed by atoms with van der Waals surface area (Å²) in [6.45, 7) is 4.51. The van der Waals surface area contributed by atoms with Crippen LogP contribution in [-0.4, -0.2) is 57.1 Å². The molecule has 112 valence electrons. The molecular formula is C14H23N3O2S. The highest BCUT2D eigenvalue weighted by molar-refractivity contribution is 7.88. The highest BCUT2D eigenvalue weighted by Gasteiger charge is 2.23. The predicted octanol–water partition coefficient (Wildman–Crippen LogP) is 0.483. The van der Waals surface area contributed by atoms with Crippen LogP contribution < -0.4 is 5.32 Å². The van der Waals surface area contributed by atoms with Crippen molar-refractivity contribution in [2.75, 3.05) is 39.5 Å². The molecule has 1 aromatic carbocycles. The minimum absolute atomic E-state index is 0.590. The molecule has 0 radical (unpaired) electrons. The maximum Gasteiger partial charge on any atom is 0.211 e. The van der Waals surface area contributed by atoms with Crippen molar-refractivity contribution in [1.29, 1.82) is 0 Å². The van der Waals surface area contributed by atoms with Crippen LogP contribution in [0.4, 0.5) is 0 Å². The van der Waals surface area contributed by atoms with Gasteiger partial charge in [-0.15, -0.1) is 0 Å². The molecule has 0 aromatic heterocycles. The zero-order valence-electron chi connectivity index (χ0n) is 12.2. The number of sulfonamides is 1. The van der Waals surface area contributed by atoms with Gasteiger partial charge in [0.25, 0.3) is 0 Å². The fourth-order valence-corrected chi connectivity index (χ4v) is 3.36. The van der Waals surface area contributed by atoms with E-state index in [0.717, 1.165) is 26.2 Å². The quantitative estimate of drug-likeness (QED) is 0.859. The van der Waals surface area contributed by atoms with Crippen LogP contribution in [0.5, 0.6) is 0 Å². The summed E-state index contributed by atoms with van der Waals surface area (Å²) in [4.78, 5) is 2.32. The molecule has 0 unspecified atom stereocenters. The largest absolute Gasteiger partial charge is 0.316 e. The van der Waals surface area contributed by atoms with Gasteiger partial charge < -0.3 is 5.32 Å². The Morgan fingerprint density at radius 2 is 1.70 bits per heavy atom. The fraction of sp³-hybridized carbons (Fsp3) is 0.571. The number of rotatable bonds is 5. The van der Waals surface area contributed by atoms with E-state index in [9.17, 15) is 8.42 Å². The molecule has 1 aromatic rings. The average molecular weight is 297 g/mol. The Morgan fingerprint density at radius 3 is 2.25 bits per heavy atom. The van der Waals surface area contributed by atoms with Crippen LogP contribution in [0.15, 0.2) is 24.3 Å². The van der Waals surface area contributed by atoms with E-state index in [0.29, 0.717) is 13.1 Å². The first-order valence-electron chi connectivity index (χ1n) is 6.89. The Morgan fingerprint density at radius 1 is 1.10 bits per heavy atom. The van der Waals surface area contributed by atoms with E-state index in [1.807, 2.05) is 7.05 Å². The highest BCUT2D eigenvalue weighted by Crippen LogP contribution is 2.14. The van der Waals surface area contributed by atoms with Gasteiger partial charge in [0.1, 0.15) is 0 Å². The van der Waals surface area contributed by atoms with Gasteiger partial charge >= 0.3 is 0 Å². The van der Waals surface area contributed by atoms with Gasteiger partial charge in [-0.25, -0.2) is 8.42 Å². The Bertz CT molecular complexity index is 537. The average Bonchev–Trinajstić information content (AvgIpc) is 2.41. The minimum atomic E-state index is -3.04. The van der Waals surface area contributed by atoms with Crippen molar-refractivity contribution in [3.63, 3.8) is 0 Å². The van der Waals surface area contributed by atoms with Gasteiger partial charge in [-0.05, 0) is 18.2 Å². The van der Waals surface area contributed by atoms with E-state index in [1.54, 1.807) is 4.31 Å². The Hall–Kier alpha value is -0.950. The molecule has 0 saturated carbocycles. The number of piperazine rings is 1. The van der Waals surface area contributed by atoms with Crippen molar-refractivity contribution >= 4 is 10.0 Å². The standard InChI is InChI=1S/C14H23N3O2S/c1-15-11-13-5-3-4-6-14(13)12-16-7-9-17(10-8-16)20(2,18)19/h3-6,15H,7-12H2,1-2H3. The molecule has 1 N–H and O–H groups in total. The maximum absolute atomic E-state index is 11.5. The molecule has 1 aliphatic heterocycles.